The zero-order valence-corrected chi connectivity index (χ0v) is 15.7. The molecule has 0 radical (unpaired) electrons. The lowest BCUT2D eigenvalue weighted by Gasteiger charge is -2.22. The van der Waals surface area contributed by atoms with E-state index in [1.165, 1.54) is 0 Å². The summed E-state index contributed by atoms with van der Waals surface area (Å²) in [7, 11) is 0. The number of fused-ring (bicyclic) bond motifs is 3. The summed E-state index contributed by atoms with van der Waals surface area (Å²) in [5, 5.41) is 5.16. The standard InChI is InChI=1S/C19H19ClN2O2S/c1-10-16-14(7-8-15-17(16)22-11(2)25-15)24-18(10)19(23)21-9-12-5-3-4-6-13(12)20/h3-6,15,17H,7-9H2,1-2H3,(H,21,23)/t15-,17+/m0/s1. The van der Waals surface area contributed by atoms with Crippen molar-refractivity contribution in [1.82, 2.24) is 5.32 Å². The second-order valence-electron chi connectivity index (χ2n) is 6.46. The molecule has 0 unspecified atom stereocenters. The van der Waals surface area contributed by atoms with Gasteiger partial charge < -0.3 is 9.73 Å². The Kier molecular flexibility index (Phi) is 4.38. The van der Waals surface area contributed by atoms with E-state index in [4.69, 9.17) is 21.0 Å². The minimum absolute atomic E-state index is 0.127. The van der Waals surface area contributed by atoms with Crippen molar-refractivity contribution in [2.75, 3.05) is 0 Å². The van der Waals surface area contributed by atoms with Gasteiger partial charge in [-0.25, -0.2) is 0 Å². The van der Waals surface area contributed by atoms with E-state index in [1.54, 1.807) is 0 Å². The number of benzene rings is 1. The van der Waals surface area contributed by atoms with Crippen molar-refractivity contribution in [2.45, 2.75) is 44.5 Å². The number of amides is 1. The van der Waals surface area contributed by atoms with Gasteiger partial charge in [0.2, 0.25) is 0 Å². The molecule has 1 N–H and O–H groups in total. The van der Waals surface area contributed by atoms with Crippen LogP contribution in [0.1, 0.15) is 52.4 Å². The van der Waals surface area contributed by atoms with Gasteiger partial charge in [0.1, 0.15) is 5.76 Å². The highest BCUT2D eigenvalue weighted by atomic mass is 35.5. The molecule has 0 fully saturated rings. The van der Waals surface area contributed by atoms with Gasteiger partial charge in [0.05, 0.1) is 11.1 Å². The van der Waals surface area contributed by atoms with Gasteiger partial charge in [-0.3, -0.25) is 9.79 Å². The number of nitrogens with one attached hydrogen (secondary N) is 1. The van der Waals surface area contributed by atoms with Gasteiger partial charge in [-0.15, -0.1) is 11.8 Å². The van der Waals surface area contributed by atoms with Crippen LogP contribution in [0.15, 0.2) is 33.7 Å². The summed E-state index contributed by atoms with van der Waals surface area (Å²) < 4.78 is 5.94. The fraction of sp³-hybridized carbons (Fsp3) is 0.368. The molecular formula is C19H19ClN2O2S. The normalized spacial score (nSPS) is 21.5. The topological polar surface area (TPSA) is 54.6 Å². The van der Waals surface area contributed by atoms with Crippen LogP contribution < -0.4 is 5.32 Å². The average molecular weight is 375 g/mol. The highest BCUT2D eigenvalue weighted by molar-refractivity contribution is 8.14. The molecule has 1 amide bonds. The number of hydrogen-bond donors (Lipinski definition) is 1. The zero-order valence-electron chi connectivity index (χ0n) is 14.1. The molecule has 2 heterocycles. The predicted octanol–water partition coefficient (Wildman–Crippen LogP) is 4.69. The molecule has 130 valence electrons. The SMILES string of the molecule is CC1=N[C@H]2c3c(oc(C(=O)NCc4ccccc4Cl)c3C)CC[C@@H]2S1. The maximum atomic E-state index is 12.6. The quantitative estimate of drug-likeness (QED) is 0.847. The Morgan fingerprint density at radius 1 is 1.40 bits per heavy atom. The molecule has 4 rings (SSSR count). The van der Waals surface area contributed by atoms with Crippen LogP contribution in [-0.4, -0.2) is 16.2 Å². The summed E-state index contributed by atoms with van der Waals surface area (Å²) in [5.74, 6) is 1.12. The number of aliphatic imine (C=N–C) groups is 1. The monoisotopic (exact) mass is 374 g/mol. The zero-order chi connectivity index (χ0) is 17.6. The first-order valence-corrected chi connectivity index (χ1v) is 9.65. The van der Waals surface area contributed by atoms with Crippen molar-refractivity contribution in [1.29, 1.82) is 0 Å². The minimum atomic E-state index is -0.199. The van der Waals surface area contributed by atoms with Crippen LogP contribution in [0.2, 0.25) is 5.02 Å². The van der Waals surface area contributed by atoms with Crippen molar-refractivity contribution in [3.05, 3.63) is 57.5 Å². The third-order valence-corrected chi connectivity index (χ3v) is 6.43. The van der Waals surface area contributed by atoms with Crippen molar-refractivity contribution < 1.29 is 9.21 Å². The fourth-order valence-electron chi connectivity index (χ4n) is 3.61. The minimum Gasteiger partial charge on any atom is -0.455 e. The van der Waals surface area contributed by atoms with E-state index >= 15 is 0 Å². The van der Waals surface area contributed by atoms with E-state index in [-0.39, 0.29) is 11.9 Å². The lowest BCUT2D eigenvalue weighted by molar-refractivity contribution is 0.0920. The second kappa shape index (κ2) is 6.54. The number of rotatable bonds is 3. The molecule has 2 aliphatic rings. The van der Waals surface area contributed by atoms with Gasteiger partial charge in [0.15, 0.2) is 5.76 Å². The molecule has 2 aromatic rings. The Bertz CT molecular complexity index is 874. The van der Waals surface area contributed by atoms with Gasteiger partial charge >= 0.3 is 0 Å². The third-order valence-electron chi connectivity index (χ3n) is 4.82. The molecule has 0 spiro atoms. The number of nitrogens with zero attached hydrogens (tertiary/aromatic N) is 1. The number of carbonyl (C=O) groups is 1. The molecule has 0 saturated carbocycles. The number of hydrogen-bond acceptors (Lipinski definition) is 4. The van der Waals surface area contributed by atoms with E-state index in [2.05, 4.69) is 12.2 Å². The number of carbonyl (C=O) groups excluding carboxylic acids is 1. The maximum absolute atomic E-state index is 12.6. The molecule has 1 aliphatic heterocycles. The molecule has 1 aliphatic carbocycles. The highest BCUT2D eigenvalue weighted by Crippen LogP contribution is 2.47. The van der Waals surface area contributed by atoms with Crippen molar-refractivity contribution in [2.24, 2.45) is 4.99 Å². The first-order chi connectivity index (χ1) is 12.0. The molecule has 25 heavy (non-hydrogen) atoms. The molecule has 1 aromatic carbocycles. The third kappa shape index (κ3) is 3.00. The second-order valence-corrected chi connectivity index (χ2v) is 8.29. The highest BCUT2D eigenvalue weighted by Gasteiger charge is 2.39. The van der Waals surface area contributed by atoms with Crippen LogP contribution >= 0.6 is 23.4 Å². The van der Waals surface area contributed by atoms with E-state index < -0.39 is 0 Å². The molecule has 0 saturated heterocycles. The molecular weight excluding hydrogens is 356 g/mol. The van der Waals surface area contributed by atoms with Gasteiger partial charge in [-0.2, -0.15) is 0 Å². The predicted molar refractivity (Wildman–Crippen MR) is 102 cm³/mol. The Balaban J connectivity index is 1.57. The summed E-state index contributed by atoms with van der Waals surface area (Å²) >= 11 is 7.99. The van der Waals surface area contributed by atoms with Crippen LogP contribution in [0.4, 0.5) is 0 Å². The van der Waals surface area contributed by atoms with Crippen LogP contribution in [0.5, 0.6) is 0 Å². The van der Waals surface area contributed by atoms with Gasteiger partial charge in [-0.05, 0) is 31.9 Å². The van der Waals surface area contributed by atoms with Gasteiger partial charge in [-0.1, -0.05) is 29.8 Å². The number of furan rings is 1. The van der Waals surface area contributed by atoms with Crippen LogP contribution in [0.3, 0.4) is 0 Å². The van der Waals surface area contributed by atoms with Crippen molar-refractivity contribution in [3.8, 4) is 0 Å². The first-order valence-electron chi connectivity index (χ1n) is 8.39. The largest absolute Gasteiger partial charge is 0.455 e. The van der Waals surface area contributed by atoms with Crippen molar-refractivity contribution in [3.63, 3.8) is 0 Å². The lowest BCUT2D eigenvalue weighted by atomic mass is 9.90. The van der Waals surface area contributed by atoms with E-state index in [9.17, 15) is 4.79 Å². The molecule has 6 heteroatoms. The summed E-state index contributed by atoms with van der Waals surface area (Å²) in [6.07, 6.45) is 1.90. The summed E-state index contributed by atoms with van der Waals surface area (Å²) in [4.78, 5) is 17.4. The first kappa shape index (κ1) is 16.7. The van der Waals surface area contributed by atoms with E-state index in [0.29, 0.717) is 22.6 Å². The smallest absolute Gasteiger partial charge is 0.287 e. The van der Waals surface area contributed by atoms with Crippen LogP contribution in [0, 0.1) is 6.92 Å². The van der Waals surface area contributed by atoms with E-state index in [0.717, 1.165) is 40.3 Å². The number of thioether (sulfide) groups is 1. The fourth-order valence-corrected chi connectivity index (χ4v) is 4.98. The summed E-state index contributed by atoms with van der Waals surface area (Å²) in [6.45, 7) is 4.39. The maximum Gasteiger partial charge on any atom is 0.287 e. The average Bonchev–Trinajstić information content (AvgIpc) is 3.13. The molecule has 0 bridgehead atoms. The Morgan fingerprint density at radius 3 is 3.00 bits per heavy atom. The lowest BCUT2D eigenvalue weighted by Crippen LogP contribution is -2.23. The summed E-state index contributed by atoms with van der Waals surface area (Å²) in [5.41, 5.74) is 2.92. The molecule has 2 atom stereocenters. The molecule has 1 aromatic heterocycles. The Hall–Kier alpha value is -1.72. The number of aryl methyl sites for hydroxylation is 1. The van der Waals surface area contributed by atoms with Crippen LogP contribution in [0.25, 0.3) is 0 Å². The Labute approximate surface area is 156 Å². The van der Waals surface area contributed by atoms with Gasteiger partial charge in [0, 0.05) is 34.4 Å². The molecule has 4 nitrogen and oxygen atoms in total. The Morgan fingerprint density at radius 2 is 2.20 bits per heavy atom. The summed E-state index contributed by atoms with van der Waals surface area (Å²) in [6, 6.07) is 7.63. The number of halogens is 1. The van der Waals surface area contributed by atoms with Gasteiger partial charge in [0.25, 0.3) is 5.91 Å². The van der Waals surface area contributed by atoms with E-state index in [1.807, 2.05) is 43.0 Å². The van der Waals surface area contributed by atoms with Crippen LogP contribution in [-0.2, 0) is 13.0 Å². The van der Waals surface area contributed by atoms with Crippen molar-refractivity contribution >= 4 is 34.3 Å².